The number of Topliss-reactive ketones (excluding diaryl/α,β-unsaturated/α-hetero) is 1. The number of hydrogen-bond acceptors (Lipinski definition) is 18. The fourth-order valence-corrected chi connectivity index (χ4v) is 11.7. The number of nitrogens with two attached hydrogens (primary N) is 4. The highest BCUT2D eigenvalue weighted by molar-refractivity contribution is 6.65. The molecule has 12 atom stereocenters. The number of phenols is 2. The third-order valence-corrected chi connectivity index (χ3v) is 18.7. The van der Waals surface area contributed by atoms with Crippen LogP contribution in [0.25, 0.3) is 0 Å². The number of ether oxygens (including phenoxy) is 4. The summed E-state index contributed by atoms with van der Waals surface area (Å²) in [4.78, 5) is 96.8. The number of methoxy groups -OCH3 is 2. The lowest BCUT2D eigenvalue weighted by atomic mass is 9.82. The largest absolute Gasteiger partial charge is 1.00 e. The average Bonchev–Trinajstić information content (AvgIpc) is 0.862. The van der Waals surface area contributed by atoms with Crippen LogP contribution in [0.4, 0.5) is 21.0 Å². The number of aromatic hydroxyl groups is 2. The van der Waals surface area contributed by atoms with Crippen LogP contribution in [0.2, 0.25) is 0 Å². The zero-order chi connectivity index (χ0) is 76.7. The van der Waals surface area contributed by atoms with Crippen molar-refractivity contribution in [2.75, 3.05) is 26.1 Å². The van der Waals surface area contributed by atoms with Crippen LogP contribution in [0.15, 0.2) is 125 Å². The second kappa shape index (κ2) is 47.2. The molecular weight excluding hydrogens is 1380 g/mol. The van der Waals surface area contributed by atoms with Crippen molar-refractivity contribution >= 4 is 82.2 Å². The van der Waals surface area contributed by atoms with Crippen LogP contribution in [-0.4, -0.2) is 136 Å². The first-order valence-corrected chi connectivity index (χ1v) is 34.4. The minimum Gasteiger partial charge on any atom is -1.00 e. The normalized spacial score (nSPS) is 26.9. The van der Waals surface area contributed by atoms with Crippen molar-refractivity contribution in [2.24, 2.45) is 52.7 Å². The molecular formula is C75H116Cl3N7O17. The molecule has 1 aliphatic carbocycles. The molecule has 2 heterocycles. The van der Waals surface area contributed by atoms with Gasteiger partial charge in [0.1, 0.15) is 29.5 Å². The van der Waals surface area contributed by atoms with Crippen LogP contribution in [0.5, 0.6) is 11.5 Å². The number of carbonyl (C=O) groups is 8. The van der Waals surface area contributed by atoms with Gasteiger partial charge in [0, 0.05) is 85.2 Å². The van der Waals surface area contributed by atoms with Crippen molar-refractivity contribution in [1.82, 2.24) is 5.32 Å². The number of quaternary nitrogens is 2. The molecule has 102 heavy (non-hydrogen) atoms. The van der Waals surface area contributed by atoms with E-state index in [0.29, 0.717) is 109 Å². The highest BCUT2D eigenvalue weighted by Gasteiger charge is 2.35. The molecule has 2 aliphatic heterocycles. The molecule has 27 heteroatoms. The van der Waals surface area contributed by atoms with E-state index in [-0.39, 0.29) is 95.4 Å². The summed E-state index contributed by atoms with van der Waals surface area (Å²) < 4.78 is 22.2. The Kier molecular flexibility index (Phi) is 44.8. The number of carboxylic acid groups (broad SMARTS) is 1. The summed E-state index contributed by atoms with van der Waals surface area (Å²) in [5, 5.41) is 61.5. The number of aliphatic carboxylic acids is 1. The zero-order valence-corrected chi connectivity index (χ0v) is 64.7. The number of primary amides is 2. The molecule has 4 bridgehead atoms. The van der Waals surface area contributed by atoms with Gasteiger partial charge in [0.05, 0.1) is 53.4 Å². The van der Waals surface area contributed by atoms with E-state index in [4.69, 9.17) is 47.7 Å². The summed E-state index contributed by atoms with van der Waals surface area (Å²) in [6.07, 6.45) is 16.7. The second-order valence-electron chi connectivity index (χ2n) is 26.3. The maximum Gasteiger partial charge on any atom is 0.405 e. The quantitative estimate of drug-likeness (QED) is 0.0253. The van der Waals surface area contributed by atoms with E-state index in [1.807, 2.05) is 74.5 Å². The van der Waals surface area contributed by atoms with Gasteiger partial charge in [-0.25, -0.2) is 9.59 Å². The predicted octanol–water partition coefficient (Wildman–Crippen LogP) is 5.18. The molecule has 0 saturated heterocycles. The van der Waals surface area contributed by atoms with Crippen molar-refractivity contribution in [1.29, 1.82) is 0 Å². The fraction of sp³-hybridized carbons (Fsp3) is 0.547. The molecule has 4 rings (SSSR count). The molecule has 4 amide bonds. The Balaban J connectivity index is 0. The Morgan fingerprint density at radius 3 is 1.54 bits per heavy atom. The number of ketones is 2. The molecule has 574 valence electrons. The number of carbonyl (C=O) groups excluding carboxylic acids is 8. The highest BCUT2D eigenvalue weighted by atomic mass is 35.5. The van der Waals surface area contributed by atoms with E-state index in [0.717, 1.165) is 0 Å². The monoisotopic (exact) mass is 1490 g/mol. The van der Waals surface area contributed by atoms with Gasteiger partial charge in [0.15, 0.2) is 17.2 Å². The van der Waals surface area contributed by atoms with Crippen molar-refractivity contribution < 1.29 is 106 Å². The Bertz CT molecular complexity index is 3250. The first-order valence-electron chi connectivity index (χ1n) is 34.0. The van der Waals surface area contributed by atoms with Gasteiger partial charge in [-0.3, -0.25) is 24.0 Å². The molecule has 17 N–H and O–H groups in total. The number of aliphatic hydroxyl groups is 2. The van der Waals surface area contributed by atoms with Gasteiger partial charge in [-0.1, -0.05) is 131 Å². The van der Waals surface area contributed by atoms with Crippen LogP contribution in [0.3, 0.4) is 0 Å². The van der Waals surface area contributed by atoms with Gasteiger partial charge >= 0.3 is 12.2 Å². The van der Waals surface area contributed by atoms with Crippen LogP contribution in [0, 0.1) is 35.5 Å². The van der Waals surface area contributed by atoms with Crippen molar-refractivity contribution in [3.63, 3.8) is 0 Å². The minimum atomic E-state index is -1.05. The Morgan fingerprint density at radius 1 is 0.735 bits per heavy atom. The first-order chi connectivity index (χ1) is 46.7. The molecule has 0 aromatic heterocycles. The maximum atomic E-state index is 13.6. The molecule has 0 saturated carbocycles. The molecule has 3 aliphatic rings. The molecule has 0 radical (unpaired) electrons. The fourth-order valence-electron chi connectivity index (χ4n) is 11.4. The van der Waals surface area contributed by atoms with Crippen LogP contribution in [0.1, 0.15) is 160 Å². The lowest BCUT2D eigenvalue weighted by molar-refractivity contribution is -0.562. The second-order valence-corrected chi connectivity index (χ2v) is 26.7. The summed E-state index contributed by atoms with van der Waals surface area (Å²) >= 11 is 5.22. The summed E-state index contributed by atoms with van der Waals surface area (Å²) in [7, 11) is 3.05. The van der Waals surface area contributed by atoms with E-state index < -0.39 is 88.7 Å². The number of amides is 4. The van der Waals surface area contributed by atoms with Crippen molar-refractivity contribution in [3.05, 3.63) is 131 Å². The third kappa shape index (κ3) is 30.2. The number of rotatable bonds is 16. The van der Waals surface area contributed by atoms with E-state index in [1.165, 1.54) is 26.4 Å². The molecule has 0 fully saturated rings. The number of halogens is 3. The molecule has 1 aromatic rings. The maximum absolute atomic E-state index is 13.6. The number of phenolic OH excluding ortho intramolecular Hbond substituents is 2. The topological polar surface area (TPSA) is 424 Å². The molecule has 1 aromatic carbocycles. The Hall–Kier alpha value is -7.23. The Morgan fingerprint density at radius 2 is 1.18 bits per heavy atom. The lowest BCUT2D eigenvalue weighted by Gasteiger charge is -2.29. The third-order valence-electron chi connectivity index (χ3n) is 18.4. The molecule has 0 unspecified atom stereocenters. The molecule has 24 nitrogen and oxygen atoms in total. The average molecular weight is 1490 g/mol. The van der Waals surface area contributed by atoms with Crippen LogP contribution < -0.4 is 56.4 Å². The number of benzene rings is 1. The van der Waals surface area contributed by atoms with Gasteiger partial charge in [-0.2, -0.15) is 0 Å². The number of nitrogens with one attached hydrogen (secondary N) is 2. The van der Waals surface area contributed by atoms with Crippen LogP contribution >= 0.6 is 24.0 Å². The standard InChI is InChI=1S/C32H44N2O7.C31H45N3O7.C6H12ClNO.C6H13NO2.2ClH/c1-8-9-13-23-24-14-18(2)15-27(40-7)28(36)21(5)16-22(6)30(41-32(33)39)19(3)11-10-12-20(4)31(38)34-25(29(24)37)17-26(23)35;1-8-12-33-26-22-13-17(2)14-25(40-7)27(36)20(5)15-21(6)29(41-31(32)39)18(3)10-9-11-19(4)30(38)34-23(28(22)37)16-24(26)35;1-3-6(8,4-2)5(7)9;1-3-6(7,4-2)5(8)9;;/h8,10-12,16-19,21,27-28,30,36H,1,9,13-15H2,2-7H3,(H2,33,39)(H,34,38);8-11,15-18,20,25,27,29,33,35-37H,1,12-14H2,2-7H3,(H2,32,39)(H,34,38);3-4,8H2,1-2H3;3-4,7H2,1-2H3,(H,8,9);2*1H/b11-10-,20-12+,22-16+;10-9-,19-11+,21-15+;;;;/t18-,19+,21+,27+,28-,30-;17-,18+,20+,25+,27-,29-;;;;/m11..../s1. The predicted molar refractivity (Wildman–Crippen MR) is 393 cm³/mol. The SMILES string of the molecule is C=CCCC1=C2C[C@@H](C)C[C@H](OC)[C@H](O)[C@@H](C)/C=C(\C)[C@H](OC(N)=O)[C@@H](C)/C=C\C=C(/C)C(=O)NC(=CC1=O)C2=O.C=CC[NH2+]c1c(O)cc2c(O)c1C[C@@H](C)C[C@H](OC)[C@H](O)[C@@H](C)/C=C(\C)[C@H](OC(N)=O)[C@@H](C)/C=C\C=C(/C)C(=O)N2.CCC(N)(CC)C(=O)Cl.CCC([NH3+])(CC)C(=O)[O-].Cl.[Cl-]. The lowest BCUT2D eigenvalue weighted by Crippen LogP contribution is -3.00. The van der Waals surface area contributed by atoms with Gasteiger partial charge in [-0.15, -0.1) is 19.0 Å². The number of allylic oxidation sites excluding steroid dienone is 8. The van der Waals surface area contributed by atoms with Crippen molar-refractivity contribution in [3.8, 4) is 11.5 Å². The van der Waals surface area contributed by atoms with Crippen LogP contribution in [-0.2, 0) is 54.1 Å². The van der Waals surface area contributed by atoms with E-state index in [2.05, 4.69) is 29.5 Å². The van der Waals surface area contributed by atoms with E-state index >= 15 is 0 Å². The van der Waals surface area contributed by atoms with Gasteiger partial charge in [0.2, 0.25) is 11.0 Å². The van der Waals surface area contributed by atoms with Gasteiger partial charge < -0.3 is 101 Å². The van der Waals surface area contributed by atoms with E-state index in [1.54, 1.807) is 88.5 Å². The highest BCUT2D eigenvalue weighted by Crippen LogP contribution is 2.41. The molecule has 0 spiro atoms. The Labute approximate surface area is 620 Å². The van der Waals surface area contributed by atoms with Gasteiger partial charge in [-0.05, 0) is 120 Å². The van der Waals surface area contributed by atoms with Gasteiger partial charge in [0.25, 0.3) is 11.8 Å². The summed E-state index contributed by atoms with van der Waals surface area (Å²) in [5.41, 5.74) is 21.9. The summed E-state index contributed by atoms with van der Waals surface area (Å²) in [5.74, 6) is -4.57. The summed E-state index contributed by atoms with van der Waals surface area (Å²) in [6, 6.07) is 1.33. The number of aliphatic hydroxyl groups excluding tert-OH is 2. The smallest absolute Gasteiger partial charge is 0.405 e. The van der Waals surface area contributed by atoms with E-state index in [9.17, 15) is 63.9 Å². The number of anilines is 1. The summed E-state index contributed by atoms with van der Waals surface area (Å²) in [6.45, 7) is 33.3. The zero-order valence-electron chi connectivity index (χ0n) is 62.3. The minimum absolute atomic E-state index is 0. The first kappa shape index (κ1) is 96.8. The number of fused-ring (bicyclic) bond motifs is 4. The number of hydrogen-bond donors (Lipinski definition) is 11. The number of carboxylic acids is 1. The van der Waals surface area contributed by atoms with Crippen molar-refractivity contribution in [2.45, 2.75) is 209 Å².